The minimum Gasteiger partial charge on any atom is -0.258 e. The van der Waals surface area contributed by atoms with Crippen molar-refractivity contribution in [3.8, 4) is 0 Å². The molecule has 0 saturated carbocycles. The Hall–Kier alpha value is -2.16. The van der Waals surface area contributed by atoms with E-state index >= 15 is 0 Å². The van der Waals surface area contributed by atoms with Gasteiger partial charge in [0.15, 0.2) is 0 Å². The van der Waals surface area contributed by atoms with Crippen molar-refractivity contribution in [1.29, 1.82) is 0 Å². The fourth-order valence-corrected chi connectivity index (χ4v) is 1.61. The zero-order chi connectivity index (χ0) is 11.4. The van der Waals surface area contributed by atoms with Gasteiger partial charge in [0.2, 0.25) is 0 Å². The number of non-ortho nitro benzene ring substituents is 1. The molecule has 0 spiro atoms. The van der Waals surface area contributed by atoms with Crippen LogP contribution in [-0.2, 0) is 6.42 Å². The highest BCUT2D eigenvalue weighted by atomic mass is 16.6. The fraction of sp³-hybridized carbons (Fsp3) is 0.0769. The molecule has 0 aromatic heterocycles. The first-order valence-corrected chi connectivity index (χ1v) is 5.04. The molecule has 1 aliphatic carbocycles. The average Bonchev–Trinajstić information content (AvgIpc) is 2.39. The summed E-state index contributed by atoms with van der Waals surface area (Å²) >= 11 is 0. The average molecular weight is 213 g/mol. The molecule has 0 bridgehead atoms. The van der Waals surface area contributed by atoms with Crippen LogP contribution in [0.2, 0.25) is 0 Å². The van der Waals surface area contributed by atoms with Gasteiger partial charge in [0.05, 0.1) is 4.92 Å². The summed E-state index contributed by atoms with van der Waals surface area (Å²) in [6.07, 6.45) is 12.4. The second kappa shape index (κ2) is 4.57. The highest BCUT2D eigenvalue weighted by Crippen LogP contribution is 2.20. The van der Waals surface area contributed by atoms with E-state index in [1.54, 1.807) is 12.1 Å². The third kappa shape index (κ3) is 2.25. The van der Waals surface area contributed by atoms with Crippen LogP contribution >= 0.6 is 0 Å². The Labute approximate surface area is 93.6 Å². The number of nitro benzene ring substituents is 1. The molecule has 0 aliphatic heterocycles. The maximum absolute atomic E-state index is 10.7. The van der Waals surface area contributed by atoms with Gasteiger partial charge in [-0.2, -0.15) is 0 Å². The standard InChI is InChI=1S/C13H11NO2/c15-14(16)13-9-8-11-6-4-2-1-3-5-7-12(11)10-13/h1-6,8-10H,7H2/b2-1-,5-3+,6-4?. The lowest BCUT2D eigenvalue weighted by molar-refractivity contribution is -0.384. The number of allylic oxidation sites excluding steroid dienone is 5. The number of benzene rings is 1. The summed E-state index contributed by atoms with van der Waals surface area (Å²) in [4.78, 5) is 10.3. The van der Waals surface area contributed by atoms with E-state index in [0.717, 1.165) is 11.1 Å². The maximum Gasteiger partial charge on any atom is 0.269 e. The summed E-state index contributed by atoms with van der Waals surface area (Å²) in [7, 11) is 0. The Balaban J connectivity index is 2.46. The molecule has 1 aliphatic rings. The SMILES string of the molecule is O=[N+]([O-])c1ccc2c(c1)C/C=C/C=C\C=C2. The smallest absolute Gasteiger partial charge is 0.258 e. The Morgan fingerprint density at radius 3 is 2.75 bits per heavy atom. The molecule has 0 N–H and O–H groups in total. The molecule has 3 nitrogen and oxygen atoms in total. The van der Waals surface area contributed by atoms with E-state index in [1.807, 2.05) is 36.5 Å². The molecule has 80 valence electrons. The zero-order valence-electron chi connectivity index (χ0n) is 8.67. The summed E-state index contributed by atoms with van der Waals surface area (Å²) in [6, 6.07) is 4.96. The van der Waals surface area contributed by atoms with Gasteiger partial charge < -0.3 is 0 Å². The van der Waals surface area contributed by atoms with Crippen molar-refractivity contribution < 1.29 is 4.92 Å². The zero-order valence-corrected chi connectivity index (χ0v) is 8.67. The lowest BCUT2D eigenvalue weighted by Gasteiger charge is -2.02. The lowest BCUT2D eigenvalue weighted by Crippen LogP contribution is -1.92. The van der Waals surface area contributed by atoms with E-state index in [1.165, 1.54) is 6.07 Å². The number of hydrogen-bond donors (Lipinski definition) is 0. The Kier molecular flexibility index (Phi) is 2.96. The monoisotopic (exact) mass is 213 g/mol. The summed E-state index contributed by atoms with van der Waals surface area (Å²) < 4.78 is 0. The van der Waals surface area contributed by atoms with Gasteiger partial charge in [-0.25, -0.2) is 0 Å². The normalized spacial score (nSPS) is 17.8. The predicted molar refractivity (Wildman–Crippen MR) is 64.1 cm³/mol. The van der Waals surface area contributed by atoms with E-state index in [2.05, 4.69) is 0 Å². The number of fused-ring (bicyclic) bond motifs is 1. The van der Waals surface area contributed by atoms with Crippen molar-refractivity contribution in [2.75, 3.05) is 0 Å². The lowest BCUT2D eigenvalue weighted by atomic mass is 10.0. The van der Waals surface area contributed by atoms with Gasteiger partial charge in [-0.05, 0) is 23.6 Å². The molecule has 0 saturated heterocycles. The van der Waals surface area contributed by atoms with Crippen molar-refractivity contribution in [1.82, 2.24) is 0 Å². The second-order valence-electron chi connectivity index (χ2n) is 3.52. The van der Waals surface area contributed by atoms with Crippen molar-refractivity contribution in [2.24, 2.45) is 0 Å². The fourth-order valence-electron chi connectivity index (χ4n) is 1.61. The van der Waals surface area contributed by atoms with Gasteiger partial charge in [0, 0.05) is 12.1 Å². The van der Waals surface area contributed by atoms with Crippen LogP contribution in [0.25, 0.3) is 6.08 Å². The second-order valence-corrected chi connectivity index (χ2v) is 3.52. The predicted octanol–water partition coefficient (Wildman–Crippen LogP) is 3.28. The Morgan fingerprint density at radius 2 is 1.94 bits per heavy atom. The largest absolute Gasteiger partial charge is 0.269 e. The van der Waals surface area contributed by atoms with Gasteiger partial charge in [-0.1, -0.05) is 36.5 Å². The molecule has 1 aromatic rings. The number of hydrogen-bond acceptors (Lipinski definition) is 2. The molecule has 0 heterocycles. The van der Waals surface area contributed by atoms with Crippen molar-refractivity contribution in [3.63, 3.8) is 0 Å². The van der Waals surface area contributed by atoms with Gasteiger partial charge in [-0.3, -0.25) is 10.1 Å². The molecular weight excluding hydrogens is 202 g/mol. The molecule has 0 fully saturated rings. The van der Waals surface area contributed by atoms with Crippen molar-refractivity contribution in [3.05, 3.63) is 69.8 Å². The first kappa shape index (κ1) is 10.4. The van der Waals surface area contributed by atoms with Gasteiger partial charge in [0.25, 0.3) is 5.69 Å². The molecule has 0 atom stereocenters. The van der Waals surface area contributed by atoms with Crippen LogP contribution in [0.15, 0.2) is 48.6 Å². The van der Waals surface area contributed by atoms with E-state index < -0.39 is 0 Å². The van der Waals surface area contributed by atoms with Crippen molar-refractivity contribution >= 4 is 11.8 Å². The van der Waals surface area contributed by atoms with Gasteiger partial charge in [-0.15, -0.1) is 0 Å². The van der Waals surface area contributed by atoms with Crippen LogP contribution in [0, 0.1) is 10.1 Å². The van der Waals surface area contributed by atoms with Gasteiger partial charge in [0.1, 0.15) is 0 Å². The Bertz CT molecular complexity index is 499. The number of nitrogens with zero attached hydrogens (tertiary/aromatic N) is 1. The van der Waals surface area contributed by atoms with Crippen LogP contribution in [0.3, 0.4) is 0 Å². The van der Waals surface area contributed by atoms with E-state index in [0.29, 0.717) is 6.42 Å². The van der Waals surface area contributed by atoms with E-state index in [9.17, 15) is 10.1 Å². The molecule has 3 heteroatoms. The Morgan fingerprint density at radius 1 is 1.12 bits per heavy atom. The third-order valence-electron chi connectivity index (χ3n) is 2.42. The summed E-state index contributed by atoms with van der Waals surface area (Å²) in [5.41, 5.74) is 2.15. The van der Waals surface area contributed by atoms with Crippen LogP contribution in [0.4, 0.5) is 5.69 Å². The van der Waals surface area contributed by atoms with E-state index in [4.69, 9.17) is 0 Å². The van der Waals surface area contributed by atoms with Crippen molar-refractivity contribution in [2.45, 2.75) is 6.42 Å². The number of rotatable bonds is 1. The minimum atomic E-state index is -0.362. The van der Waals surface area contributed by atoms with Crippen LogP contribution in [0.1, 0.15) is 11.1 Å². The molecule has 0 amide bonds. The first-order chi connectivity index (χ1) is 7.77. The molecule has 2 rings (SSSR count). The van der Waals surface area contributed by atoms with Crippen LogP contribution < -0.4 is 0 Å². The van der Waals surface area contributed by atoms with Crippen LogP contribution in [-0.4, -0.2) is 4.92 Å². The summed E-state index contributed by atoms with van der Waals surface area (Å²) in [5, 5.41) is 10.7. The summed E-state index contributed by atoms with van der Waals surface area (Å²) in [6.45, 7) is 0. The van der Waals surface area contributed by atoms with Gasteiger partial charge >= 0.3 is 0 Å². The molecule has 0 unspecified atom stereocenters. The summed E-state index contributed by atoms with van der Waals surface area (Å²) in [5.74, 6) is 0. The first-order valence-electron chi connectivity index (χ1n) is 5.04. The molecule has 16 heavy (non-hydrogen) atoms. The molecule has 0 radical (unpaired) electrons. The topological polar surface area (TPSA) is 43.1 Å². The molecular formula is C13H11NO2. The maximum atomic E-state index is 10.7. The minimum absolute atomic E-state index is 0.146. The number of nitro groups is 1. The molecule has 1 aromatic carbocycles. The third-order valence-corrected chi connectivity index (χ3v) is 2.42. The van der Waals surface area contributed by atoms with E-state index in [-0.39, 0.29) is 10.6 Å². The quantitative estimate of drug-likeness (QED) is 0.530. The highest BCUT2D eigenvalue weighted by Gasteiger charge is 2.08. The van der Waals surface area contributed by atoms with Crippen LogP contribution in [0.5, 0.6) is 0 Å². The highest BCUT2D eigenvalue weighted by molar-refractivity contribution is 5.59.